The van der Waals surface area contributed by atoms with E-state index in [0.717, 1.165) is 6.42 Å². The summed E-state index contributed by atoms with van der Waals surface area (Å²) in [4.78, 5) is 0. The van der Waals surface area contributed by atoms with E-state index in [1.165, 1.54) is 0 Å². The summed E-state index contributed by atoms with van der Waals surface area (Å²) in [6, 6.07) is 0. The Morgan fingerprint density at radius 3 is 2.29 bits per heavy atom. The minimum absolute atomic E-state index is 0.122. The van der Waals surface area contributed by atoms with Crippen molar-refractivity contribution in [1.82, 2.24) is 10.1 Å². The van der Waals surface area contributed by atoms with Crippen LogP contribution in [0.15, 0.2) is 0 Å². The molecular weight excluding hydrogens is 379 g/mol. The van der Waals surface area contributed by atoms with Gasteiger partial charge in [0.25, 0.3) is 0 Å². The first-order chi connectivity index (χ1) is 10.1. The Labute approximate surface area is 146 Å². The number of nitrogens with zero attached hydrogens (tertiary/aromatic N) is 2. The highest BCUT2D eigenvalue weighted by molar-refractivity contribution is 7.50. The summed E-state index contributed by atoms with van der Waals surface area (Å²) in [7, 11) is -3.20. The van der Waals surface area contributed by atoms with Gasteiger partial charge in [0.05, 0.1) is 19.0 Å². The van der Waals surface area contributed by atoms with E-state index in [0.29, 0.717) is 62.9 Å². The third-order valence-corrected chi connectivity index (χ3v) is 7.25. The zero-order valence-electron chi connectivity index (χ0n) is 11.9. The van der Waals surface area contributed by atoms with Gasteiger partial charge < -0.3 is 0 Å². The van der Waals surface area contributed by atoms with Crippen LogP contribution in [-0.2, 0) is 9.09 Å². The van der Waals surface area contributed by atoms with Crippen molar-refractivity contribution in [1.29, 1.82) is 0 Å². The molecule has 21 heavy (non-hydrogen) atoms. The standard InChI is InChI=1S/C11H23Cl4N3O2P/c12-2-6-16-18(10-5-15)9-1-11-20-21(18,19)17(7-3-13)8-4-14/h16H,1-11H2/q+1. The highest BCUT2D eigenvalue weighted by Gasteiger charge is 2.55. The lowest BCUT2D eigenvalue weighted by atomic mass is 10.4. The molecule has 0 radical (unpaired) electrons. The molecule has 0 bridgehead atoms. The van der Waals surface area contributed by atoms with Crippen molar-refractivity contribution in [2.45, 2.75) is 6.42 Å². The highest BCUT2D eigenvalue weighted by Crippen LogP contribution is 2.60. The molecule has 0 amide bonds. The second-order valence-electron chi connectivity index (χ2n) is 4.66. The van der Waals surface area contributed by atoms with Crippen LogP contribution >= 0.6 is 54.1 Å². The lowest BCUT2D eigenvalue weighted by molar-refractivity contribution is -0.868. The van der Waals surface area contributed by atoms with Crippen molar-refractivity contribution < 1.29 is 13.5 Å². The van der Waals surface area contributed by atoms with E-state index < -0.39 is 7.67 Å². The minimum atomic E-state index is -3.20. The number of hydrogen-bond acceptors (Lipinski definition) is 3. The van der Waals surface area contributed by atoms with Crippen molar-refractivity contribution in [2.75, 3.05) is 62.9 Å². The molecule has 1 N–H and O–H groups in total. The molecule has 0 saturated carbocycles. The lowest BCUT2D eigenvalue weighted by Gasteiger charge is -2.47. The smallest absolute Gasteiger partial charge is 0.272 e. The van der Waals surface area contributed by atoms with Crippen LogP contribution in [0, 0.1) is 0 Å². The fourth-order valence-corrected chi connectivity index (χ4v) is 6.61. The molecule has 0 aliphatic carbocycles. The number of halogens is 4. The Morgan fingerprint density at radius 1 is 1.10 bits per heavy atom. The predicted molar refractivity (Wildman–Crippen MR) is 90.6 cm³/mol. The number of quaternary nitrogens is 1. The summed E-state index contributed by atoms with van der Waals surface area (Å²) < 4.78 is 21.3. The van der Waals surface area contributed by atoms with Crippen LogP contribution in [0.1, 0.15) is 6.42 Å². The largest absolute Gasteiger partial charge is 0.482 e. The fourth-order valence-electron chi connectivity index (χ4n) is 2.51. The van der Waals surface area contributed by atoms with Gasteiger partial charge in [-0.05, 0) is 0 Å². The molecule has 1 rings (SSSR count). The summed E-state index contributed by atoms with van der Waals surface area (Å²) in [5.74, 6) is 1.52. The third kappa shape index (κ3) is 4.85. The van der Waals surface area contributed by atoms with Crippen LogP contribution in [0.4, 0.5) is 0 Å². The van der Waals surface area contributed by atoms with Gasteiger partial charge in [-0.3, -0.25) is 4.52 Å². The van der Waals surface area contributed by atoms with E-state index in [1.54, 1.807) is 4.67 Å². The first-order valence-electron chi connectivity index (χ1n) is 6.96. The third-order valence-electron chi connectivity index (χ3n) is 3.41. The van der Waals surface area contributed by atoms with Gasteiger partial charge in [-0.25, -0.2) is 4.57 Å². The van der Waals surface area contributed by atoms with Crippen molar-refractivity contribution in [2.24, 2.45) is 0 Å². The summed E-state index contributed by atoms with van der Waals surface area (Å²) in [5, 5.41) is 0. The highest BCUT2D eigenvalue weighted by atomic mass is 35.5. The second-order valence-corrected chi connectivity index (χ2v) is 8.75. The Balaban J connectivity index is 3.10. The summed E-state index contributed by atoms with van der Waals surface area (Å²) in [6.07, 6.45) is 0.811. The normalized spacial score (nSPS) is 30.0. The van der Waals surface area contributed by atoms with Crippen molar-refractivity contribution in [3.63, 3.8) is 0 Å². The maximum atomic E-state index is 13.7. The van der Waals surface area contributed by atoms with Crippen LogP contribution in [0.2, 0.25) is 0 Å². The molecule has 0 aromatic rings. The zero-order valence-corrected chi connectivity index (χ0v) is 15.9. The van der Waals surface area contributed by atoms with Gasteiger partial charge in [0.2, 0.25) is 0 Å². The molecule has 1 saturated heterocycles. The number of nitrogens with one attached hydrogen (secondary N) is 1. The lowest BCUT2D eigenvalue weighted by Crippen LogP contribution is -2.62. The summed E-state index contributed by atoms with van der Waals surface area (Å²) >= 11 is 23.4. The average molecular weight is 402 g/mol. The van der Waals surface area contributed by atoms with Gasteiger partial charge in [-0.1, -0.05) is 0 Å². The summed E-state index contributed by atoms with van der Waals surface area (Å²) in [5.41, 5.74) is 3.28. The Bertz CT molecular complexity index is 343. The number of hydrogen-bond donors (Lipinski definition) is 1. The average Bonchev–Trinajstić information content (AvgIpc) is 2.48. The SMILES string of the molecule is O=P1(N(CCCl)CCCl)OCCC[N+]1(CCCl)NCCCl. The van der Waals surface area contributed by atoms with Gasteiger partial charge in [-0.2, -0.15) is 14.5 Å². The van der Waals surface area contributed by atoms with Gasteiger partial charge in [-0.15, -0.1) is 46.4 Å². The monoisotopic (exact) mass is 400 g/mol. The van der Waals surface area contributed by atoms with Crippen LogP contribution in [0.25, 0.3) is 0 Å². The maximum absolute atomic E-state index is 13.7. The van der Waals surface area contributed by atoms with E-state index in [-0.39, 0.29) is 4.36 Å². The topological polar surface area (TPSA) is 41.6 Å². The maximum Gasteiger partial charge on any atom is 0.482 e. The van der Waals surface area contributed by atoms with Gasteiger partial charge in [0.1, 0.15) is 13.1 Å². The predicted octanol–water partition coefficient (Wildman–Crippen LogP) is 3.09. The molecule has 0 aromatic heterocycles. The molecule has 2 unspecified atom stereocenters. The van der Waals surface area contributed by atoms with Gasteiger partial charge in [0.15, 0.2) is 0 Å². The summed E-state index contributed by atoms with van der Waals surface area (Å²) in [6.45, 7) is 3.08. The molecule has 1 heterocycles. The van der Waals surface area contributed by atoms with Crippen LogP contribution in [0.5, 0.6) is 0 Å². The Hall–Kier alpha value is 1.23. The van der Waals surface area contributed by atoms with Gasteiger partial charge >= 0.3 is 7.67 Å². The van der Waals surface area contributed by atoms with Crippen LogP contribution in [-0.4, -0.2) is 71.9 Å². The molecule has 126 valence electrons. The van der Waals surface area contributed by atoms with E-state index in [9.17, 15) is 4.57 Å². The fraction of sp³-hybridized carbons (Fsp3) is 1.00. The first-order valence-corrected chi connectivity index (χ1v) is 10.6. The van der Waals surface area contributed by atoms with Gasteiger partial charge in [0, 0.05) is 37.2 Å². The minimum Gasteiger partial charge on any atom is -0.272 e. The molecule has 1 fully saturated rings. The van der Waals surface area contributed by atoms with E-state index in [1.807, 2.05) is 0 Å². The molecule has 2 atom stereocenters. The van der Waals surface area contributed by atoms with E-state index in [4.69, 9.17) is 50.9 Å². The van der Waals surface area contributed by atoms with Crippen molar-refractivity contribution in [3.8, 4) is 0 Å². The second kappa shape index (κ2) is 10.2. The van der Waals surface area contributed by atoms with E-state index >= 15 is 0 Å². The molecule has 5 nitrogen and oxygen atoms in total. The molecule has 0 aromatic carbocycles. The number of rotatable bonds is 10. The van der Waals surface area contributed by atoms with Crippen LogP contribution < -0.4 is 5.43 Å². The van der Waals surface area contributed by atoms with E-state index in [2.05, 4.69) is 5.43 Å². The van der Waals surface area contributed by atoms with Crippen molar-refractivity contribution >= 4 is 54.1 Å². The zero-order chi connectivity index (χ0) is 15.8. The number of alkyl halides is 4. The first kappa shape index (κ1) is 20.3. The van der Waals surface area contributed by atoms with Crippen LogP contribution in [0.3, 0.4) is 0 Å². The quantitative estimate of drug-likeness (QED) is 0.451. The molecule has 0 spiro atoms. The molecule has 10 heteroatoms. The molecular formula is C11H23Cl4N3O2P+. The molecule has 1 aliphatic heterocycles. The Morgan fingerprint density at radius 2 is 1.76 bits per heavy atom. The molecule has 1 aliphatic rings. The Kier molecular flexibility index (Phi) is 9.82. The van der Waals surface area contributed by atoms with Crippen molar-refractivity contribution in [3.05, 3.63) is 0 Å².